The first-order valence-corrected chi connectivity index (χ1v) is 20.6. The Balaban J connectivity index is 1.12. The highest BCUT2D eigenvalue weighted by atomic mass is 32.2. The van der Waals surface area contributed by atoms with Gasteiger partial charge in [-0.25, -0.2) is 14.3 Å². The number of hydrogen-bond donors (Lipinski definition) is 3. The summed E-state index contributed by atoms with van der Waals surface area (Å²) >= 11 is 0. The molecule has 16 heteroatoms. The summed E-state index contributed by atoms with van der Waals surface area (Å²) in [6, 6.07) is 5.72. The van der Waals surface area contributed by atoms with E-state index in [2.05, 4.69) is 15.4 Å². The van der Waals surface area contributed by atoms with Crippen LogP contribution in [-0.2, 0) is 47.0 Å². The second-order valence-corrected chi connectivity index (χ2v) is 16.9. The Morgan fingerprint density at radius 2 is 1.64 bits per heavy atom. The monoisotopic (exact) mass is 754 g/mol. The molecule has 288 valence electrons. The van der Waals surface area contributed by atoms with Crippen LogP contribution in [0.4, 0.5) is 9.59 Å². The van der Waals surface area contributed by atoms with Crippen LogP contribution in [0.15, 0.2) is 36.4 Å². The quantitative estimate of drug-likeness (QED) is 0.368. The van der Waals surface area contributed by atoms with Gasteiger partial charge in [0.05, 0.1) is 6.54 Å². The van der Waals surface area contributed by atoms with Gasteiger partial charge in [-0.2, -0.15) is 12.7 Å². The number of rotatable bonds is 6. The molecule has 0 unspecified atom stereocenters. The van der Waals surface area contributed by atoms with Gasteiger partial charge in [0.1, 0.15) is 29.8 Å². The van der Waals surface area contributed by atoms with Crippen LogP contribution in [-0.4, -0.2) is 108 Å². The number of carbonyl (C=O) groups excluding carboxylic acids is 5. The van der Waals surface area contributed by atoms with Crippen molar-refractivity contribution in [1.29, 1.82) is 0 Å². The topological polar surface area (TPSA) is 184 Å². The average molecular weight is 755 g/mol. The Morgan fingerprint density at radius 1 is 0.887 bits per heavy atom. The lowest BCUT2D eigenvalue weighted by molar-refractivity contribution is -0.141. The van der Waals surface area contributed by atoms with Gasteiger partial charge in [0.15, 0.2) is 0 Å². The summed E-state index contributed by atoms with van der Waals surface area (Å²) < 4.78 is 40.8. The highest BCUT2D eigenvalue weighted by molar-refractivity contribution is 7.87. The summed E-state index contributed by atoms with van der Waals surface area (Å²) in [5, 5.41) is 5.61. The van der Waals surface area contributed by atoms with Crippen molar-refractivity contribution in [2.45, 2.75) is 120 Å². The standard InChI is InChI=1S/C37H50N6O9S/c44-32-31-21-29(52-36(48)41-20-17-25-11-6-7-12-26(25)23-41)24-43(31)33(45)30(38-35(47)51-28-14-8-9-15-28)16-5-3-1-2-4-13-27-22-37(27,39-32)34(46)40-53(49,50)42-18-10-19-42/h4,6-7,11-13,27-31H,1-3,5,8-10,14-24H2,(H,38,47)(H,39,44)(H,40,46)/b13-4-/t27-,29-,30+,31+,37-/m1/s1. The predicted molar refractivity (Wildman–Crippen MR) is 191 cm³/mol. The molecule has 1 aromatic carbocycles. The van der Waals surface area contributed by atoms with Crippen molar-refractivity contribution in [2.24, 2.45) is 5.92 Å². The summed E-state index contributed by atoms with van der Waals surface area (Å²) in [6.07, 6.45) is 9.60. The Morgan fingerprint density at radius 3 is 2.40 bits per heavy atom. The lowest BCUT2D eigenvalue weighted by Crippen LogP contribution is -2.59. The maximum absolute atomic E-state index is 14.4. The normalized spacial score (nSPS) is 30.3. The van der Waals surface area contributed by atoms with E-state index in [0.717, 1.165) is 44.1 Å². The number of ether oxygens (including phenoxy) is 2. The van der Waals surface area contributed by atoms with Gasteiger partial charge in [-0.15, -0.1) is 0 Å². The first-order valence-electron chi connectivity index (χ1n) is 19.1. The van der Waals surface area contributed by atoms with E-state index in [4.69, 9.17) is 9.47 Å². The molecule has 2 saturated heterocycles. The van der Waals surface area contributed by atoms with Crippen LogP contribution < -0.4 is 15.4 Å². The number of nitrogens with zero attached hydrogens (tertiary/aromatic N) is 3. The van der Waals surface area contributed by atoms with Gasteiger partial charge in [-0.3, -0.25) is 14.4 Å². The van der Waals surface area contributed by atoms with Crippen molar-refractivity contribution in [3.05, 3.63) is 47.5 Å². The third-order valence-corrected chi connectivity index (χ3v) is 13.0. The Labute approximate surface area is 310 Å². The Hall–Kier alpha value is -4.18. The number of nitrogens with one attached hydrogen (secondary N) is 3. The van der Waals surface area contributed by atoms with E-state index in [0.29, 0.717) is 58.3 Å². The molecule has 53 heavy (non-hydrogen) atoms. The van der Waals surface area contributed by atoms with Crippen molar-refractivity contribution in [3.8, 4) is 0 Å². The molecule has 0 spiro atoms. The molecule has 1 aromatic rings. The first kappa shape index (κ1) is 37.1. The molecular weight excluding hydrogens is 705 g/mol. The lowest BCUT2D eigenvalue weighted by atomic mass is 10.0. The second-order valence-electron chi connectivity index (χ2n) is 15.2. The van der Waals surface area contributed by atoms with Crippen LogP contribution in [0.2, 0.25) is 0 Å². The van der Waals surface area contributed by atoms with E-state index in [1.165, 1.54) is 14.8 Å². The third kappa shape index (κ3) is 8.32. The molecule has 6 aliphatic rings. The van der Waals surface area contributed by atoms with E-state index in [1.807, 2.05) is 36.4 Å². The van der Waals surface area contributed by atoms with E-state index in [9.17, 15) is 32.4 Å². The molecule has 15 nitrogen and oxygen atoms in total. The fraction of sp³-hybridized carbons (Fsp3) is 0.649. The smallest absolute Gasteiger partial charge is 0.410 e. The predicted octanol–water partition coefficient (Wildman–Crippen LogP) is 2.65. The van der Waals surface area contributed by atoms with E-state index in [-0.39, 0.29) is 25.5 Å². The average Bonchev–Trinajstić information content (AvgIpc) is 3.38. The van der Waals surface area contributed by atoms with Gasteiger partial charge >= 0.3 is 22.4 Å². The maximum atomic E-state index is 14.4. The number of benzene rings is 1. The van der Waals surface area contributed by atoms with Crippen molar-refractivity contribution < 1.29 is 41.9 Å². The number of alkyl carbamates (subject to hydrolysis) is 1. The molecule has 5 amide bonds. The van der Waals surface area contributed by atoms with Gasteiger partial charge in [0, 0.05) is 38.5 Å². The van der Waals surface area contributed by atoms with Gasteiger partial charge in [-0.1, -0.05) is 49.3 Å². The van der Waals surface area contributed by atoms with Crippen LogP contribution in [0.1, 0.15) is 88.2 Å². The molecule has 0 aromatic heterocycles. The molecule has 0 radical (unpaired) electrons. The molecule has 2 saturated carbocycles. The zero-order valence-corrected chi connectivity index (χ0v) is 30.8. The summed E-state index contributed by atoms with van der Waals surface area (Å²) in [6.45, 7) is 1.33. The summed E-state index contributed by atoms with van der Waals surface area (Å²) in [4.78, 5) is 71.9. The third-order valence-electron chi connectivity index (χ3n) is 11.5. The SMILES string of the molecule is O=C(N[C@H]1CCCCC/C=C\[C@@H]2C[C@@]2(C(=O)NS(=O)(=O)N2CCC2)NC(=O)[C@@H]2C[C@@H](OC(=O)N3CCc4ccccc4C3)CN2C1=O)OC1CCCC1. The molecule has 7 rings (SSSR count). The molecule has 4 aliphatic heterocycles. The number of amides is 5. The van der Waals surface area contributed by atoms with Crippen molar-refractivity contribution in [2.75, 3.05) is 26.2 Å². The van der Waals surface area contributed by atoms with Crippen molar-refractivity contribution >= 4 is 40.1 Å². The molecule has 4 heterocycles. The zero-order chi connectivity index (χ0) is 37.2. The summed E-state index contributed by atoms with van der Waals surface area (Å²) in [7, 11) is -4.09. The van der Waals surface area contributed by atoms with Crippen molar-refractivity contribution in [3.63, 3.8) is 0 Å². The van der Waals surface area contributed by atoms with Gasteiger partial charge < -0.3 is 29.9 Å². The summed E-state index contributed by atoms with van der Waals surface area (Å²) in [5.41, 5.74) is 0.647. The molecular formula is C37H50N6O9S. The van der Waals surface area contributed by atoms with E-state index >= 15 is 0 Å². The van der Waals surface area contributed by atoms with Crippen LogP contribution in [0, 0.1) is 5.92 Å². The molecule has 3 N–H and O–H groups in total. The van der Waals surface area contributed by atoms with Crippen molar-refractivity contribution in [1.82, 2.24) is 29.5 Å². The van der Waals surface area contributed by atoms with Crippen LogP contribution in [0.5, 0.6) is 0 Å². The van der Waals surface area contributed by atoms with E-state index in [1.54, 1.807) is 4.90 Å². The fourth-order valence-corrected chi connectivity index (χ4v) is 9.45. The Bertz CT molecular complexity index is 1730. The maximum Gasteiger partial charge on any atom is 0.410 e. The first-order chi connectivity index (χ1) is 25.5. The minimum Gasteiger partial charge on any atom is -0.446 e. The largest absolute Gasteiger partial charge is 0.446 e. The highest BCUT2D eigenvalue weighted by Crippen LogP contribution is 2.46. The fourth-order valence-electron chi connectivity index (χ4n) is 8.17. The van der Waals surface area contributed by atoms with Crippen LogP contribution in [0.3, 0.4) is 0 Å². The van der Waals surface area contributed by atoms with Gasteiger partial charge in [0.2, 0.25) is 11.8 Å². The van der Waals surface area contributed by atoms with Gasteiger partial charge in [0.25, 0.3) is 5.91 Å². The number of hydrogen-bond acceptors (Lipinski definition) is 9. The summed E-state index contributed by atoms with van der Waals surface area (Å²) in [5.74, 6) is -2.48. The highest BCUT2D eigenvalue weighted by Gasteiger charge is 2.62. The number of carbonyl (C=O) groups is 5. The zero-order valence-electron chi connectivity index (χ0n) is 30.0. The van der Waals surface area contributed by atoms with Crippen LogP contribution in [0.25, 0.3) is 0 Å². The Kier molecular flexibility index (Phi) is 11.0. The minimum atomic E-state index is -4.09. The lowest BCUT2D eigenvalue weighted by Gasteiger charge is -2.31. The minimum absolute atomic E-state index is 0.0444. The number of fused-ring (bicyclic) bond motifs is 3. The van der Waals surface area contributed by atoms with Gasteiger partial charge in [-0.05, 0) is 75.3 Å². The molecule has 2 aliphatic carbocycles. The van der Waals surface area contributed by atoms with Crippen LogP contribution >= 0.6 is 0 Å². The molecule has 4 fully saturated rings. The second kappa shape index (κ2) is 15.7. The van der Waals surface area contributed by atoms with E-state index < -0.39 is 69.8 Å². The molecule has 0 bridgehead atoms. The molecule has 5 atom stereocenters. The number of allylic oxidation sites excluding steroid dienone is 1.